The molecule has 5 nitrogen and oxygen atoms in total. The van der Waals surface area contributed by atoms with E-state index in [1.54, 1.807) is 0 Å². The number of allylic oxidation sites excluding steroid dienone is 2. The number of nitrogens with zero attached hydrogens (tertiary/aromatic N) is 4. The van der Waals surface area contributed by atoms with Crippen molar-refractivity contribution in [1.29, 1.82) is 10.5 Å². The van der Waals surface area contributed by atoms with Crippen molar-refractivity contribution in [2.75, 3.05) is 0 Å². The summed E-state index contributed by atoms with van der Waals surface area (Å²) in [5.74, 6) is -33.5. The molecule has 3 aromatic carbocycles. The summed E-state index contributed by atoms with van der Waals surface area (Å²) in [6, 6.07) is 1.88. The van der Waals surface area contributed by atoms with Gasteiger partial charge in [-0.05, 0) is 40.8 Å². The number of nitriles is 2. The molecule has 0 saturated heterocycles. The van der Waals surface area contributed by atoms with Gasteiger partial charge < -0.3 is 4.74 Å². The van der Waals surface area contributed by atoms with E-state index in [0.29, 0.717) is 6.92 Å². The number of fused-ring (bicyclic) bond motifs is 2. The molecule has 3 aromatic rings. The van der Waals surface area contributed by atoms with Crippen molar-refractivity contribution in [3.63, 3.8) is 0 Å². The predicted octanol–water partition coefficient (Wildman–Crippen LogP) is 12.8. The Labute approximate surface area is 317 Å². The summed E-state index contributed by atoms with van der Waals surface area (Å²) < 4.78 is 308. The van der Waals surface area contributed by atoms with Crippen molar-refractivity contribution < 1.29 is 91.9 Å². The molecule has 0 heterocycles. The van der Waals surface area contributed by atoms with E-state index in [9.17, 15) is 62.6 Å². The van der Waals surface area contributed by atoms with Crippen LogP contribution in [-0.2, 0) is 17.6 Å². The average Bonchev–Trinajstić information content (AvgIpc) is 3.59. The minimum atomic E-state index is -11.9. The van der Waals surface area contributed by atoms with Crippen LogP contribution in [0, 0.1) is 82.3 Å². The van der Waals surface area contributed by atoms with Gasteiger partial charge in [0.2, 0.25) is 0 Å². The Morgan fingerprint density at radius 3 is 1.22 bits per heavy atom. The first kappa shape index (κ1) is 45.0. The van der Waals surface area contributed by atoms with E-state index >= 15 is 35.1 Å². The quantitative estimate of drug-likeness (QED) is 0.111. The molecule has 60 heavy (non-hydrogen) atoms. The largest absolute Gasteiger partial charge is 0.573 e. The van der Waals surface area contributed by atoms with Crippen LogP contribution in [0.5, 0.6) is 0 Å². The van der Waals surface area contributed by atoms with Gasteiger partial charge in [-0.15, -0.1) is 13.2 Å². The Bertz CT molecular complexity index is 2890. The van der Waals surface area contributed by atoms with Crippen molar-refractivity contribution >= 4 is 31.8 Å². The molecule has 2 aliphatic rings. The second-order valence-corrected chi connectivity index (χ2v) is 17.0. The second-order valence-electron chi connectivity index (χ2n) is 12.3. The molecule has 0 aromatic heterocycles. The number of halogens is 21. The van der Waals surface area contributed by atoms with Crippen LogP contribution in [0.3, 0.4) is 0 Å². The number of benzene rings is 3. The molecule has 0 radical (unpaired) electrons. The van der Waals surface area contributed by atoms with E-state index in [2.05, 4.69) is 14.4 Å². The summed E-state index contributed by atoms with van der Waals surface area (Å²) in [6.45, 7) is 15.1. The van der Waals surface area contributed by atoms with E-state index in [1.807, 2.05) is 0 Å². The van der Waals surface area contributed by atoms with Crippen LogP contribution < -0.4 is 10.4 Å². The summed E-state index contributed by atoms with van der Waals surface area (Å²) in [7, 11) is -23.7. The van der Waals surface area contributed by atoms with Gasteiger partial charge in [-0.25, -0.2) is 35.1 Å². The number of hydrogen-bond acceptors (Lipinski definition) is 3. The highest BCUT2D eigenvalue weighted by atomic mass is 32.5. The zero-order valence-corrected chi connectivity index (χ0v) is 29.5. The lowest BCUT2D eigenvalue weighted by atomic mass is 9.86. The maximum atomic E-state index is 15.9. The highest BCUT2D eigenvalue weighted by molar-refractivity contribution is 8.46. The predicted molar refractivity (Wildman–Crippen MR) is 165 cm³/mol. The van der Waals surface area contributed by atoms with Gasteiger partial charge in [-0.1, -0.05) is 38.9 Å². The lowest BCUT2D eigenvalue weighted by Crippen LogP contribution is -2.28. The Morgan fingerprint density at radius 2 is 0.900 bits per heavy atom. The maximum absolute atomic E-state index is 15.9. The summed E-state index contributed by atoms with van der Waals surface area (Å²) in [5.41, 5.74) is -17.6. The third kappa shape index (κ3) is 6.96. The lowest BCUT2D eigenvalue weighted by molar-refractivity contribution is -0.290. The highest BCUT2D eigenvalue weighted by Gasteiger charge is 2.71. The standard InChI is InChI=1S/C32H7F21N4OS2/c1-8-10(31(56-2)57-3)4-12-14(8)15(18-20(33)24(37)29(25(38)21(18)34)59(44,45,46,47)48)13-5-11(9(6-54)7-55)28(58-32(41,42)43)17(13)16(12)19-22(35)26(39)30(27(40)23(19)36)60(49,50,51,52)53/h4-5H2,1H3. The molecule has 0 unspecified atom stereocenters. The van der Waals surface area contributed by atoms with Crippen LogP contribution in [0.2, 0.25) is 0 Å². The first-order chi connectivity index (χ1) is 26.8. The van der Waals surface area contributed by atoms with Crippen LogP contribution in [0.15, 0.2) is 32.3 Å². The third-order valence-electron chi connectivity index (χ3n) is 8.69. The summed E-state index contributed by atoms with van der Waals surface area (Å²) in [5, 5.41) is 15.5. The minimum Gasteiger partial charge on any atom is -0.405 e. The van der Waals surface area contributed by atoms with Crippen molar-refractivity contribution in [1.82, 2.24) is 0 Å². The molecule has 0 fully saturated rings. The van der Waals surface area contributed by atoms with Gasteiger partial charge in [0.1, 0.15) is 36.6 Å². The smallest absolute Gasteiger partial charge is 0.405 e. The number of ether oxygens (including phenoxy) is 1. The summed E-state index contributed by atoms with van der Waals surface area (Å²) >= 11 is 0. The molecule has 28 heteroatoms. The van der Waals surface area contributed by atoms with E-state index in [-0.39, 0.29) is 0 Å². The van der Waals surface area contributed by atoms with Crippen LogP contribution in [0.25, 0.3) is 43.3 Å². The first-order valence-corrected chi connectivity index (χ1v) is 18.6. The molecule has 5 rings (SSSR count). The van der Waals surface area contributed by atoms with E-state index in [0.717, 1.165) is 12.1 Å². The fraction of sp³-hybridized carbons (Fsp3) is 0.125. The molecule has 0 N–H and O–H groups in total. The lowest BCUT2D eigenvalue weighted by Gasteiger charge is -2.41. The molecule has 0 bridgehead atoms. The van der Waals surface area contributed by atoms with Crippen molar-refractivity contribution in [3.8, 4) is 34.4 Å². The Kier molecular flexibility index (Phi) is 8.99. The van der Waals surface area contributed by atoms with Gasteiger partial charge in [0, 0.05) is 22.8 Å². The second kappa shape index (κ2) is 12.0. The van der Waals surface area contributed by atoms with Crippen LogP contribution in [0.4, 0.5) is 87.2 Å². The minimum absolute atomic E-state index is 0.590. The number of rotatable bonds is 5. The van der Waals surface area contributed by atoms with E-state index in [4.69, 9.17) is 13.1 Å². The van der Waals surface area contributed by atoms with Crippen LogP contribution >= 0.6 is 20.4 Å². The van der Waals surface area contributed by atoms with Gasteiger partial charge in [0.15, 0.2) is 56.3 Å². The van der Waals surface area contributed by atoms with Gasteiger partial charge in [-0.3, -0.25) is 0 Å². The maximum Gasteiger partial charge on any atom is 0.573 e. The van der Waals surface area contributed by atoms with Crippen LogP contribution in [0.1, 0.15) is 18.1 Å². The Balaban J connectivity index is 2.32. The fourth-order valence-corrected chi connectivity index (χ4v) is 8.34. The molecule has 2 aliphatic carbocycles. The molecule has 0 saturated carbocycles. The monoisotopic (exact) mass is 926 g/mol. The van der Waals surface area contributed by atoms with Crippen LogP contribution in [-0.4, -0.2) is 6.36 Å². The fourth-order valence-electron chi connectivity index (χ4n) is 6.63. The zero-order chi connectivity index (χ0) is 46.1. The number of alkyl halides is 3. The molecular weight excluding hydrogens is 919 g/mol. The summed E-state index contributed by atoms with van der Waals surface area (Å²) in [4.78, 5) is -3.57. The van der Waals surface area contributed by atoms with E-state index < -0.39 is 174 Å². The van der Waals surface area contributed by atoms with E-state index in [1.165, 1.54) is 0 Å². The molecule has 0 aliphatic heterocycles. The van der Waals surface area contributed by atoms with Gasteiger partial charge in [-0.2, -0.15) is 20.2 Å². The van der Waals surface area contributed by atoms with Gasteiger partial charge in [0.25, 0.3) is 0 Å². The Morgan fingerprint density at radius 1 is 0.567 bits per heavy atom. The SMILES string of the molecule is [C-]#[N+]C([N+]#[C-])=C1Cc2c(-c3c(F)c(F)c(S(F)(F)(F)(F)F)c(F)c3F)c3c(c(-c4c(F)c(F)c(S(F)(F)(F)(F)F)c(F)c4F)c2=C1C)CC(=C(C#N)C#N)C=3OC(F)(F)F. The molecule has 320 valence electrons. The van der Waals surface area contributed by atoms with Crippen molar-refractivity contribution in [2.24, 2.45) is 0 Å². The van der Waals surface area contributed by atoms with Gasteiger partial charge >= 0.3 is 32.6 Å². The zero-order valence-electron chi connectivity index (χ0n) is 27.9. The molecule has 0 amide bonds. The Hall–Kier alpha value is -6.13. The van der Waals surface area contributed by atoms with Crippen molar-refractivity contribution in [3.05, 3.63) is 113 Å². The third-order valence-corrected chi connectivity index (χ3v) is 10.9. The normalized spacial score (nSPS) is 16.4. The molecule has 0 spiro atoms. The topological polar surface area (TPSA) is 65.5 Å². The first-order valence-electron chi connectivity index (χ1n) is 14.7. The summed E-state index contributed by atoms with van der Waals surface area (Å²) in [6.07, 6.45) is -9.62. The molecule has 0 atom stereocenters. The highest BCUT2D eigenvalue weighted by Crippen LogP contribution is 3.03. The van der Waals surface area contributed by atoms with Crippen molar-refractivity contribution in [2.45, 2.75) is 35.9 Å². The number of hydrogen-bond donors (Lipinski definition) is 0. The van der Waals surface area contributed by atoms with Gasteiger partial charge in [0.05, 0.1) is 16.7 Å². The average molecular weight is 927 g/mol. The molecular formula is C32H7F21N4OS2.